The van der Waals surface area contributed by atoms with Gasteiger partial charge in [0.1, 0.15) is 0 Å². The standard InChI is InChI=1S/C15H21F3N2O.ClH/c1-4-8-14(2,19)13(21)20(3)10-11-6-5-7-12(9-11)15(16,17)18;/h5-7,9H,4,8,10,19H2,1-3H3;1H. The minimum atomic E-state index is -4.39. The Labute approximate surface area is 135 Å². The van der Waals surface area contributed by atoms with Gasteiger partial charge in [-0.15, -0.1) is 12.4 Å². The van der Waals surface area contributed by atoms with Gasteiger partial charge in [0.05, 0.1) is 11.1 Å². The average Bonchev–Trinajstić information content (AvgIpc) is 2.37. The van der Waals surface area contributed by atoms with Crippen LogP contribution in [-0.2, 0) is 17.5 Å². The van der Waals surface area contributed by atoms with Gasteiger partial charge >= 0.3 is 6.18 Å². The largest absolute Gasteiger partial charge is 0.416 e. The van der Waals surface area contributed by atoms with Gasteiger partial charge in [-0.3, -0.25) is 4.79 Å². The fraction of sp³-hybridized carbons (Fsp3) is 0.533. The van der Waals surface area contributed by atoms with Crippen LogP contribution in [-0.4, -0.2) is 23.4 Å². The molecule has 0 aliphatic rings. The van der Waals surface area contributed by atoms with Crippen LogP contribution in [0, 0.1) is 0 Å². The summed E-state index contributed by atoms with van der Waals surface area (Å²) in [5.74, 6) is -0.276. The van der Waals surface area contributed by atoms with E-state index < -0.39 is 17.3 Å². The summed E-state index contributed by atoms with van der Waals surface area (Å²) >= 11 is 0. The second-order valence-electron chi connectivity index (χ2n) is 5.53. The quantitative estimate of drug-likeness (QED) is 0.891. The molecular formula is C15H22ClF3N2O. The minimum absolute atomic E-state index is 0. The highest BCUT2D eigenvalue weighted by molar-refractivity contribution is 5.85. The highest BCUT2D eigenvalue weighted by Gasteiger charge is 2.32. The molecule has 3 nitrogen and oxygen atoms in total. The van der Waals surface area contributed by atoms with E-state index in [0.29, 0.717) is 12.0 Å². The highest BCUT2D eigenvalue weighted by Crippen LogP contribution is 2.29. The van der Waals surface area contributed by atoms with Crippen LogP contribution < -0.4 is 5.73 Å². The van der Waals surface area contributed by atoms with E-state index in [9.17, 15) is 18.0 Å². The van der Waals surface area contributed by atoms with E-state index >= 15 is 0 Å². The van der Waals surface area contributed by atoms with E-state index in [0.717, 1.165) is 18.6 Å². The number of amides is 1. The van der Waals surface area contributed by atoms with Crippen molar-refractivity contribution in [1.82, 2.24) is 4.90 Å². The average molecular weight is 339 g/mol. The van der Waals surface area contributed by atoms with E-state index in [-0.39, 0.29) is 24.9 Å². The van der Waals surface area contributed by atoms with Crippen molar-refractivity contribution in [3.8, 4) is 0 Å². The molecule has 0 aliphatic heterocycles. The molecule has 1 unspecified atom stereocenters. The molecule has 0 fully saturated rings. The summed E-state index contributed by atoms with van der Waals surface area (Å²) in [5, 5.41) is 0. The Morgan fingerprint density at radius 2 is 1.91 bits per heavy atom. The normalized spacial score (nSPS) is 14.0. The van der Waals surface area contributed by atoms with Gasteiger partial charge in [0, 0.05) is 13.6 Å². The topological polar surface area (TPSA) is 46.3 Å². The van der Waals surface area contributed by atoms with Crippen LogP contribution in [0.15, 0.2) is 24.3 Å². The second-order valence-corrected chi connectivity index (χ2v) is 5.53. The molecule has 126 valence electrons. The van der Waals surface area contributed by atoms with E-state index in [1.165, 1.54) is 11.0 Å². The Bertz CT molecular complexity index is 504. The summed E-state index contributed by atoms with van der Waals surface area (Å²) in [7, 11) is 1.55. The zero-order valence-electron chi connectivity index (χ0n) is 12.9. The Hall–Kier alpha value is -1.27. The first-order valence-electron chi connectivity index (χ1n) is 6.78. The third kappa shape index (κ3) is 5.50. The van der Waals surface area contributed by atoms with Crippen LogP contribution >= 0.6 is 12.4 Å². The Kier molecular flexibility index (Phi) is 7.38. The lowest BCUT2D eigenvalue weighted by Crippen LogP contribution is -2.51. The first-order chi connectivity index (χ1) is 9.58. The highest BCUT2D eigenvalue weighted by atomic mass is 35.5. The van der Waals surface area contributed by atoms with Gasteiger partial charge in [0.25, 0.3) is 0 Å². The van der Waals surface area contributed by atoms with Gasteiger partial charge in [0.15, 0.2) is 0 Å². The maximum absolute atomic E-state index is 12.7. The zero-order chi connectivity index (χ0) is 16.3. The molecule has 0 aliphatic carbocycles. The first kappa shape index (κ1) is 20.7. The molecule has 1 atom stereocenters. The fourth-order valence-electron chi connectivity index (χ4n) is 2.25. The van der Waals surface area contributed by atoms with E-state index in [2.05, 4.69) is 0 Å². The number of carbonyl (C=O) groups is 1. The third-order valence-corrected chi connectivity index (χ3v) is 3.28. The van der Waals surface area contributed by atoms with Crippen molar-refractivity contribution >= 4 is 18.3 Å². The van der Waals surface area contributed by atoms with Crippen molar-refractivity contribution in [3.05, 3.63) is 35.4 Å². The van der Waals surface area contributed by atoms with Gasteiger partial charge in [0.2, 0.25) is 5.91 Å². The van der Waals surface area contributed by atoms with Crippen molar-refractivity contribution in [3.63, 3.8) is 0 Å². The van der Waals surface area contributed by atoms with E-state index in [1.807, 2.05) is 6.92 Å². The Balaban J connectivity index is 0.00000441. The first-order valence-corrected chi connectivity index (χ1v) is 6.78. The molecule has 0 radical (unpaired) electrons. The number of likely N-dealkylation sites (N-methyl/N-ethyl adjacent to an activating group) is 1. The number of nitrogens with zero attached hydrogens (tertiary/aromatic N) is 1. The lowest BCUT2D eigenvalue weighted by molar-refractivity contribution is -0.137. The fourth-order valence-corrected chi connectivity index (χ4v) is 2.25. The van der Waals surface area contributed by atoms with Crippen LogP contribution in [0.3, 0.4) is 0 Å². The Morgan fingerprint density at radius 1 is 1.32 bits per heavy atom. The molecule has 0 saturated heterocycles. The molecule has 1 rings (SSSR count). The molecule has 0 bridgehead atoms. The predicted octanol–water partition coefficient (Wildman–Crippen LogP) is 3.60. The molecule has 1 amide bonds. The maximum Gasteiger partial charge on any atom is 0.416 e. The van der Waals surface area contributed by atoms with Crippen molar-refractivity contribution in [2.24, 2.45) is 5.73 Å². The number of benzene rings is 1. The van der Waals surface area contributed by atoms with Crippen LogP contribution in [0.2, 0.25) is 0 Å². The van der Waals surface area contributed by atoms with Gasteiger partial charge < -0.3 is 10.6 Å². The molecule has 0 aromatic heterocycles. The van der Waals surface area contributed by atoms with E-state index in [1.54, 1.807) is 20.0 Å². The lowest BCUT2D eigenvalue weighted by Gasteiger charge is -2.29. The van der Waals surface area contributed by atoms with Crippen LogP contribution in [0.4, 0.5) is 13.2 Å². The van der Waals surface area contributed by atoms with Gasteiger partial charge in [-0.25, -0.2) is 0 Å². The lowest BCUT2D eigenvalue weighted by atomic mass is 9.95. The second kappa shape index (κ2) is 7.83. The third-order valence-electron chi connectivity index (χ3n) is 3.28. The molecule has 1 aromatic carbocycles. The number of alkyl halides is 3. The molecule has 22 heavy (non-hydrogen) atoms. The molecule has 0 saturated carbocycles. The summed E-state index contributed by atoms with van der Waals surface area (Å²) in [6.07, 6.45) is -3.10. The SMILES string of the molecule is CCCC(C)(N)C(=O)N(C)Cc1cccc(C(F)(F)F)c1.Cl. The van der Waals surface area contributed by atoms with E-state index in [4.69, 9.17) is 5.73 Å². The van der Waals surface area contributed by atoms with Gasteiger partial charge in [-0.2, -0.15) is 13.2 Å². The zero-order valence-corrected chi connectivity index (χ0v) is 13.7. The molecule has 2 N–H and O–H groups in total. The number of hydrogen-bond donors (Lipinski definition) is 1. The van der Waals surface area contributed by atoms with Crippen molar-refractivity contribution in [2.75, 3.05) is 7.05 Å². The Morgan fingerprint density at radius 3 is 2.41 bits per heavy atom. The van der Waals surface area contributed by atoms with Gasteiger partial charge in [-0.05, 0) is 31.0 Å². The summed E-state index contributed by atoms with van der Waals surface area (Å²) in [6.45, 7) is 3.66. The monoisotopic (exact) mass is 338 g/mol. The number of halogens is 4. The summed E-state index contributed by atoms with van der Waals surface area (Å²) in [6, 6.07) is 4.96. The summed E-state index contributed by atoms with van der Waals surface area (Å²) < 4.78 is 38.0. The van der Waals surface area contributed by atoms with Crippen LogP contribution in [0.1, 0.15) is 37.8 Å². The van der Waals surface area contributed by atoms with Gasteiger partial charge in [-0.1, -0.05) is 25.5 Å². The minimum Gasteiger partial charge on any atom is -0.340 e. The summed E-state index contributed by atoms with van der Waals surface area (Å²) in [4.78, 5) is 13.6. The summed E-state index contributed by atoms with van der Waals surface area (Å²) in [5.41, 5.74) is 4.66. The number of carbonyl (C=O) groups excluding carboxylic acids is 1. The van der Waals surface area contributed by atoms with Crippen molar-refractivity contribution in [2.45, 2.75) is 44.9 Å². The number of nitrogens with two attached hydrogens (primary N) is 1. The number of rotatable bonds is 5. The van der Waals surface area contributed by atoms with Crippen LogP contribution in [0.25, 0.3) is 0 Å². The molecule has 0 heterocycles. The maximum atomic E-state index is 12.7. The molecule has 7 heteroatoms. The van der Waals surface area contributed by atoms with Crippen molar-refractivity contribution < 1.29 is 18.0 Å². The predicted molar refractivity (Wildman–Crippen MR) is 82.7 cm³/mol. The van der Waals surface area contributed by atoms with Crippen LogP contribution in [0.5, 0.6) is 0 Å². The number of hydrogen-bond acceptors (Lipinski definition) is 2. The smallest absolute Gasteiger partial charge is 0.340 e. The molecule has 0 spiro atoms. The van der Waals surface area contributed by atoms with Crippen molar-refractivity contribution in [1.29, 1.82) is 0 Å². The molecular weight excluding hydrogens is 317 g/mol. The molecule has 1 aromatic rings.